The normalized spacial score (nSPS) is 23.4. The number of carbonyl (C=O) groups excluding carboxylic acids is 1. The molecular formula is C23H25ClN2O4S2. The van der Waals surface area contributed by atoms with Crippen LogP contribution < -0.4 is 9.64 Å². The Morgan fingerprint density at radius 3 is 2.62 bits per heavy atom. The van der Waals surface area contributed by atoms with Gasteiger partial charge in [-0.3, -0.25) is 4.79 Å². The van der Waals surface area contributed by atoms with Crippen LogP contribution in [0.5, 0.6) is 11.5 Å². The number of rotatable bonds is 3. The molecule has 0 bridgehead atoms. The first-order chi connectivity index (χ1) is 14.9. The van der Waals surface area contributed by atoms with Crippen molar-refractivity contribution >= 4 is 50.0 Å². The minimum atomic E-state index is -3.19. The second kappa shape index (κ2) is 8.39. The Labute approximate surface area is 197 Å². The van der Waals surface area contributed by atoms with E-state index in [4.69, 9.17) is 16.3 Å². The number of nitrogens with zero attached hydrogens (tertiary/aromatic N) is 2. The van der Waals surface area contributed by atoms with E-state index in [0.717, 1.165) is 5.56 Å². The summed E-state index contributed by atoms with van der Waals surface area (Å²) in [6.07, 6.45) is 0. The van der Waals surface area contributed by atoms with Crippen molar-refractivity contribution in [2.24, 2.45) is 10.4 Å². The van der Waals surface area contributed by atoms with Gasteiger partial charge in [-0.15, -0.1) is 0 Å². The Hall–Kier alpha value is -2.03. The van der Waals surface area contributed by atoms with Crippen LogP contribution >= 0.6 is 23.4 Å². The minimum absolute atomic E-state index is 0.0101. The molecule has 0 aliphatic carbocycles. The van der Waals surface area contributed by atoms with E-state index in [1.807, 2.05) is 36.1 Å². The molecule has 4 rings (SSSR count). The summed E-state index contributed by atoms with van der Waals surface area (Å²) < 4.78 is 31.0. The van der Waals surface area contributed by atoms with E-state index >= 15 is 0 Å². The van der Waals surface area contributed by atoms with Gasteiger partial charge in [0.1, 0.15) is 5.75 Å². The van der Waals surface area contributed by atoms with Gasteiger partial charge in [0, 0.05) is 15.7 Å². The zero-order valence-corrected chi connectivity index (χ0v) is 20.7. The van der Waals surface area contributed by atoms with Gasteiger partial charge in [-0.25, -0.2) is 8.42 Å². The van der Waals surface area contributed by atoms with Crippen molar-refractivity contribution in [1.29, 1.82) is 0 Å². The summed E-state index contributed by atoms with van der Waals surface area (Å²) in [7, 11) is -3.19. The number of anilines is 1. The van der Waals surface area contributed by atoms with Crippen LogP contribution in [-0.4, -0.2) is 42.3 Å². The largest absolute Gasteiger partial charge is 0.455 e. The van der Waals surface area contributed by atoms with E-state index in [0.29, 0.717) is 27.4 Å². The van der Waals surface area contributed by atoms with Crippen molar-refractivity contribution in [3.05, 3.63) is 53.1 Å². The predicted octanol–water partition coefficient (Wildman–Crippen LogP) is 5.09. The molecule has 1 amide bonds. The highest BCUT2D eigenvalue weighted by Crippen LogP contribution is 2.45. The number of amides is 1. The fraction of sp³-hybridized carbons (Fsp3) is 0.391. The second-order valence-corrected chi connectivity index (χ2v) is 12.9. The summed E-state index contributed by atoms with van der Waals surface area (Å²) in [5, 5.41) is 0.746. The molecule has 0 N–H and O–H groups in total. The Morgan fingerprint density at radius 2 is 1.94 bits per heavy atom. The molecule has 2 saturated heterocycles. The molecule has 32 heavy (non-hydrogen) atoms. The fourth-order valence-corrected chi connectivity index (χ4v) is 7.74. The molecule has 2 fully saturated rings. The van der Waals surface area contributed by atoms with Gasteiger partial charge < -0.3 is 9.64 Å². The maximum Gasteiger partial charge on any atom is 0.253 e. The highest BCUT2D eigenvalue weighted by molar-refractivity contribution is 8.16. The summed E-state index contributed by atoms with van der Waals surface area (Å²) in [5.74, 6) is 0.942. The number of fused-ring (bicyclic) bond motifs is 1. The van der Waals surface area contributed by atoms with Gasteiger partial charge in [0.15, 0.2) is 20.8 Å². The molecule has 6 nitrogen and oxygen atoms in total. The maximum absolute atomic E-state index is 12.7. The highest BCUT2D eigenvalue weighted by Gasteiger charge is 2.50. The molecule has 2 aromatic rings. The lowest BCUT2D eigenvalue weighted by Gasteiger charge is -2.27. The minimum Gasteiger partial charge on any atom is -0.455 e. The van der Waals surface area contributed by atoms with Gasteiger partial charge in [0.2, 0.25) is 0 Å². The van der Waals surface area contributed by atoms with Crippen molar-refractivity contribution in [2.75, 3.05) is 16.4 Å². The van der Waals surface area contributed by atoms with E-state index in [-0.39, 0.29) is 28.7 Å². The Balaban J connectivity index is 1.81. The number of amidine groups is 1. The second-order valence-electron chi connectivity index (χ2n) is 9.15. The van der Waals surface area contributed by atoms with Gasteiger partial charge in [-0.1, -0.05) is 56.3 Å². The molecular weight excluding hydrogens is 468 g/mol. The smallest absolute Gasteiger partial charge is 0.253 e. The van der Waals surface area contributed by atoms with Crippen LogP contribution in [-0.2, 0) is 14.6 Å². The van der Waals surface area contributed by atoms with Crippen molar-refractivity contribution in [1.82, 2.24) is 0 Å². The summed E-state index contributed by atoms with van der Waals surface area (Å²) in [6.45, 7) is 7.39. The number of benzene rings is 2. The third-order valence-corrected chi connectivity index (χ3v) is 8.75. The van der Waals surface area contributed by atoms with E-state index in [1.165, 1.54) is 11.8 Å². The number of hydrogen-bond acceptors (Lipinski definition) is 5. The van der Waals surface area contributed by atoms with Gasteiger partial charge in [-0.05, 0) is 42.8 Å². The topological polar surface area (TPSA) is 76.0 Å². The molecule has 9 heteroatoms. The predicted molar refractivity (Wildman–Crippen MR) is 131 cm³/mol. The van der Waals surface area contributed by atoms with Crippen LogP contribution in [0.25, 0.3) is 0 Å². The Morgan fingerprint density at radius 1 is 1.19 bits per heavy atom. The molecule has 0 unspecified atom stereocenters. The lowest BCUT2D eigenvalue weighted by Crippen LogP contribution is -2.38. The van der Waals surface area contributed by atoms with Crippen LogP contribution in [0.1, 0.15) is 26.3 Å². The molecule has 0 aromatic heterocycles. The summed E-state index contributed by atoms with van der Waals surface area (Å²) in [5.41, 5.74) is 0.990. The Kier molecular flexibility index (Phi) is 6.07. The van der Waals surface area contributed by atoms with Crippen LogP contribution in [0.3, 0.4) is 0 Å². The molecule has 2 aromatic carbocycles. The highest BCUT2D eigenvalue weighted by atomic mass is 35.5. The molecule has 2 heterocycles. The number of carbonyl (C=O) groups is 1. The zero-order valence-electron chi connectivity index (χ0n) is 18.3. The summed E-state index contributed by atoms with van der Waals surface area (Å²) in [6, 6.07) is 12.5. The first kappa shape index (κ1) is 23.1. The zero-order chi connectivity index (χ0) is 23.3. The summed E-state index contributed by atoms with van der Waals surface area (Å²) in [4.78, 5) is 18.9. The summed E-state index contributed by atoms with van der Waals surface area (Å²) >= 11 is 7.67. The molecule has 2 aliphatic heterocycles. The van der Waals surface area contributed by atoms with Crippen molar-refractivity contribution in [3.8, 4) is 11.5 Å². The van der Waals surface area contributed by atoms with Crippen molar-refractivity contribution in [3.63, 3.8) is 0 Å². The van der Waals surface area contributed by atoms with Gasteiger partial charge in [0.25, 0.3) is 5.91 Å². The van der Waals surface area contributed by atoms with Crippen LogP contribution in [0, 0.1) is 12.3 Å². The lowest BCUT2D eigenvalue weighted by atomic mass is 9.96. The lowest BCUT2D eigenvalue weighted by molar-refractivity contribution is -0.124. The quantitative estimate of drug-likeness (QED) is 0.594. The molecule has 170 valence electrons. The SMILES string of the molecule is Cc1cccc(Oc2ccc(Cl)cc2N2C(=NC(=O)C(C)(C)C)S[C@H]3CS(=O)(=O)C[C@H]32)c1. The van der Waals surface area contributed by atoms with Gasteiger partial charge in [0.05, 0.1) is 23.2 Å². The number of sulfone groups is 1. The number of halogens is 1. The third-order valence-electron chi connectivity index (χ3n) is 5.30. The number of hydrogen-bond donors (Lipinski definition) is 0. The van der Waals surface area contributed by atoms with Crippen LogP contribution in [0.15, 0.2) is 47.5 Å². The average Bonchev–Trinajstić information content (AvgIpc) is 3.13. The van der Waals surface area contributed by atoms with Crippen LogP contribution in [0.2, 0.25) is 5.02 Å². The van der Waals surface area contributed by atoms with Gasteiger partial charge in [-0.2, -0.15) is 4.99 Å². The van der Waals surface area contributed by atoms with Crippen LogP contribution in [0.4, 0.5) is 5.69 Å². The molecule has 2 atom stereocenters. The molecule has 0 saturated carbocycles. The first-order valence-corrected chi connectivity index (χ1v) is 13.3. The third kappa shape index (κ3) is 4.82. The average molecular weight is 493 g/mol. The number of aliphatic imine (C=N–C) groups is 1. The fourth-order valence-electron chi connectivity index (χ4n) is 3.67. The number of thioether (sulfide) groups is 1. The first-order valence-electron chi connectivity index (χ1n) is 10.3. The van der Waals surface area contributed by atoms with E-state index in [2.05, 4.69) is 4.99 Å². The van der Waals surface area contributed by atoms with E-state index in [1.54, 1.807) is 39.0 Å². The number of aryl methyl sites for hydroxylation is 1. The monoisotopic (exact) mass is 492 g/mol. The Bertz CT molecular complexity index is 1200. The van der Waals surface area contributed by atoms with E-state index < -0.39 is 15.3 Å². The molecule has 2 aliphatic rings. The standard InChI is InChI=1S/C23H25ClN2O4S2/c1-14-6-5-7-16(10-14)30-19-9-8-15(24)11-17(19)26-18-12-32(28,29)13-20(18)31-22(26)25-21(27)23(2,3)4/h5-11,18,20H,12-13H2,1-4H3/t18-,20+/m1/s1. The number of ether oxygens (including phenoxy) is 1. The van der Waals surface area contributed by atoms with Crippen molar-refractivity contribution in [2.45, 2.75) is 39.0 Å². The van der Waals surface area contributed by atoms with E-state index in [9.17, 15) is 13.2 Å². The molecule has 0 spiro atoms. The maximum atomic E-state index is 12.7. The van der Waals surface area contributed by atoms with Crippen molar-refractivity contribution < 1.29 is 17.9 Å². The van der Waals surface area contributed by atoms with Gasteiger partial charge >= 0.3 is 0 Å². The molecule has 0 radical (unpaired) electrons.